The van der Waals surface area contributed by atoms with Crippen LogP contribution in [0.3, 0.4) is 0 Å². The van der Waals surface area contributed by atoms with Crippen LogP contribution in [0.2, 0.25) is 0 Å². The summed E-state index contributed by atoms with van der Waals surface area (Å²) < 4.78 is 3.02. The topological polar surface area (TPSA) is 66.6 Å². The molecule has 0 saturated heterocycles. The molecule has 128 valence electrons. The number of fused-ring (bicyclic) bond motifs is 1. The quantitative estimate of drug-likeness (QED) is 0.314. The number of nitrogens with one attached hydrogen (secondary N) is 2. The van der Waals surface area contributed by atoms with Gasteiger partial charge in [0.05, 0.1) is 18.8 Å². The van der Waals surface area contributed by atoms with Gasteiger partial charge in [-0.1, -0.05) is 0 Å². The maximum atomic E-state index is 4.57. The maximum absolute atomic E-state index is 4.57. The highest BCUT2D eigenvalue weighted by Crippen LogP contribution is 2.12. The van der Waals surface area contributed by atoms with Crippen molar-refractivity contribution in [3.05, 3.63) is 50.8 Å². The van der Waals surface area contributed by atoms with Gasteiger partial charge in [-0.2, -0.15) is 0 Å². The normalized spacial score (nSPS) is 11.4. The number of aromatic nitrogens is 3. The summed E-state index contributed by atoms with van der Waals surface area (Å²) in [7, 11) is 1.75. The fourth-order valence-corrected chi connectivity index (χ4v) is 3.20. The zero-order chi connectivity index (χ0) is 16.2. The summed E-state index contributed by atoms with van der Waals surface area (Å²) in [6.07, 6.45) is 3.99. The number of hydrogen-bond donors (Lipinski definition) is 2. The first-order valence-electron chi connectivity index (χ1n) is 7.12. The minimum atomic E-state index is 0. The third-order valence-electron chi connectivity index (χ3n) is 3.20. The van der Waals surface area contributed by atoms with Crippen LogP contribution in [0.15, 0.2) is 39.4 Å². The molecule has 0 unspecified atom stereocenters. The second-order valence-electron chi connectivity index (χ2n) is 5.01. The fraction of sp³-hybridized carbons (Fsp3) is 0.267. The number of aryl methyl sites for hydroxylation is 1. The predicted octanol–water partition coefficient (Wildman–Crippen LogP) is 3.34. The lowest BCUT2D eigenvalue weighted by molar-refractivity contribution is 0.794. The molecule has 0 bridgehead atoms. The second-order valence-corrected chi connectivity index (χ2v) is 6.87. The van der Waals surface area contributed by atoms with Crippen LogP contribution in [0.1, 0.15) is 16.4 Å². The first kappa shape index (κ1) is 19.1. The lowest BCUT2D eigenvalue weighted by Gasteiger charge is -2.09. The van der Waals surface area contributed by atoms with Crippen LogP contribution in [-0.2, 0) is 13.1 Å². The van der Waals surface area contributed by atoms with Gasteiger partial charge in [0.15, 0.2) is 5.96 Å². The number of aliphatic imine (C=N–C) groups is 1. The van der Waals surface area contributed by atoms with Crippen molar-refractivity contribution in [1.29, 1.82) is 0 Å². The summed E-state index contributed by atoms with van der Waals surface area (Å²) in [5.41, 5.74) is 2.92. The van der Waals surface area contributed by atoms with Crippen molar-refractivity contribution in [2.75, 3.05) is 7.05 Å². The van der Waals surface area contributed by atoms with Crippen molar-refractivity contribution >= 4 is 62.9 Å². The number of halogens is 2. The molecule has 6 nitrogen and oxygen atoms in total. The van der Waals surface area contributed by atoms with E-state index < -0.39 is 0 Å². The molecule has 3 aromatic heterocycles. The molecule has 0 aliphatic carbocycles. The Labute approximate surface area is 170 Å². The summed E-state index contributed by atoms with van der Waals surface area (Å²) in [5, 5.41) is 9.61. The number of hydrogen-bond acceptors (Lipinski definition) is 4. The molecule has 0 amide bonds. The standard InChI is InChI=1S/C15H17BrN6S.HI/c1-10-9-23-14(20-10)6-19-15(17-2)18-5-12-8-22-7-11(16)3-4-13(22)21-12;/h3-4,7-9H,5-6H2,1-2H3,(H2,17,18,19);1H. The molecule has 0 aliphatic rings. The average molecular weight is 521 g/mol. The van der Waals surface area contributed by atoms with Gasteiger partial charge in [-0.25, -0.2) is 9.97 Å². The molecule has 0 atom stereocenters. The molecule has 0 spiro atoms. The Balaban J connectivity index is 0.00000208. The van der Waals surface area contributed by atoms with E-state index in [0.29, 0.717) is 13.1 Å². The van der Waals surface area contributed by atoms with Gasteiger partial charge in [-0.15, -0.1) is 35.3 Å². The molecular weight excluding hydrogens is 503 g/mol. The molecule has 3 aromatic rings. The van der Waals surface area contributed by atoms with E-state index in [1.54, 1.807) is 18.4 Å². The van der Waals surface area contributed by atoms with Crippen molar-refractivity contribution < 1.29 is 0 Å². The van der Waals surface area contributed by atoms with Crippen LogP contribution in [0.25, 0.3) is 5.65 Å². The van der Waals surface area contributed by atoms with Crippen LogP contribution < -0.4 is 10.6 Å². The molecule has 0 aromatic carbocycles. The van der Waals surface area contributed by atoms with Gasteiger partial charge < -0.3 is 15.0 Å². The van der Waals surface area contributed by atoms with E-state index in [-0.39, 0.29) is 24.0 Å². The highest BCUT2D eigenvalue weighted by molar-refractivity contribution is 14.0. The number of nitrogens with zero attached hydrogens (tertiary/aromatic N) is 4. The maximum Gasteiger partial charge on any atom is 0.191 e. The second kappa shape index (κ2) is 8.77. The monoisotopic (exact) mass is 520 g/mol. The highest BCUT2D eigenvalue weighted by Gasteiger charge is 2.05. The minimum absolute atomic E-state index is 0. The van der Waals surface area contributed by atoms with Gasteiger partial charge in [0, 0.05) is 35.0 Å². The average Bonchev–Trinajstić information content (AvgIpc) is 3.12. The molecule has 9 heteroatoms. The van der Waals surface area contributed by atoms with Crippen molar-refractivity contribution in [3.8, 4) is 0 Å². The van der Waals surface area contributed by atoms with E-state index in [9.17, 15) is 0 Å². The summed E-state index contributed by atoms with van der Waals surface area (Å²) in [4.78, 5) is 13.2. The Morgan fingerprint density at radius 2 is 2.04 bits per heavy atom. The fourth-order valence-electron chi connectivity index (χ4n) is 2.14. The van der Waals surface area contributed by atoms with E-state index >= 15 is 0 Å². The summed E-state index contributed by atoms with van der Waals surface area (Å²) in [6, 6.07) is 3.96. The van der Waals surface area contributed by atoms with Gasteiger partial charge in [0.25, 0.3) is 0 Å². The third-order valence-corrected chi connectivity index (χ3v) is 4.63. The van der Waals surface area contributed by atoms with E-state index in [4.69, 9.17) is 0 Å². The van der Waals surface area contributed by atoms with Crippen molar-refractivity contribution in [2.45, 2.75) is 20.0 Å². The van der Waals surface area contributed by atoms with Crippen molar-refractivity contribution in [1.82, 2.24) is 25.0 Å². The van der Waals surface area contributed by atoms with Crippen LogP contribution in [-0.4, -0.2) is 27.4 Å². The Hall–Kier alpha value is -1.20. The Morgan fingerprint density at radius 1 is 1.25 bits per heavy atom. The Bertz CT molecular complexity index is 843. The lowest BCUT2D eigenvalue weighted by Crippen LogP contribution is -2.36. The van der Waals surface area contributed by atoms with Crippen molar-refractivity contribution in [3.63, 3.8) is 0 Å². The van der Waals surface area contributed by atoms with Gasteiger partial charge in [0.2, 0.25) is 0 Å². The molecule has 0 fully saturated rings. The summed E-state index contributed by atoms with van der Waals surface area (Å²) >= 11 is 5.11. The zero-order valence-corrected chi connectivity index (χ0v) is 18.0. The number of pyridine rings is 1. The van der Waals surface area contributed by atoms with Gasteiger partial charge in [-0.3, -0.25) is 4.99 Å². The van der Waals surface area contributed by atoms with E-state index in [2.05, 4.69) is 41.5 Å². The van der Waals surface area contributed by atoms with E-state index in [1.807, 2.05) is 41.2 Å². The molecular formula is C15H18BrIN6S. The minimum Gasteiger partial charge on any atom is -0.351 e. The van der Waals surface area contributed by atoms with Gasteiger partial charge in [-0.05, 0) is 35.0 Å². The summed E-state index contributed by atoms with van der Waals surface area (Å²) in [5.74, 6) is 0.732. The van der Waals surface area contributed by atoms with Crippen LogP contribution in [0.5, 0.6) is 0 Å². The highest BCUT2D eigenvalue weighted by atomic mass is 127. The van der Waals surface area contributed by atoms with E-state index in [1.165, 1.54) is 0 Å². The van der Waals surface area contributed by atoms with Gasteiger partial charge >= 0.3 is 0 Å². The predicted molar refractivity (Wildman–Crippen MR) is 112 cm³/mol. The van der Waals surface area contributed by atoms with Crippen LogP contribution in [0.4, 0.5) is 0 Å². The number of rotatable bonds is 4. The molecule has 0 radical (unpaired) electrons. The molecule has 24 heavy (non-hydrogen) atoms. The van der Waals surface area contributed by atoms with Crippen LogP contribution >= 0.6 is 51.2 Å². The first-order chi connectivity index (χ1) is 11.1. The smallest absolute Gasteiger partial charge is 0.191 e. The molecule has 0 saturated carbocycles. The number of guanidine groups is 1. The largest absolute Gasteiger partial charge is 0.351 e. The zero-order valence-electron chi connectivity index (χ0n) is 13.3. The van der Waals surface area contributed by atoms with Gasteiger partial charge in [0.1, 0.15) is 10.7 Å². The Kier molecular flexibility index (Phi) is 6.99. The molecule has 2 N–H and O–H groups in total. The van der Waals surface area contributed by atoms with Crippen LogP contribution in [0, 0.1) is 6.92 Å². The first-order valence-corrected chi connectivity index (χ1v) is 8.80. The number of imidazole rings is 1. The van der Waals surface area contributed by atoms with Crippen molar-refractivity contribution in [2.24, 2.45) is 4.99 Å². The molecule has 3 heterocycles. The molecule has 0 aliphatic heterocycles. The third kappa shape index (κ3) is 4.90. The summed E-state index contributed by atoms with van der Waals surface area (Å²) in [6.45, 7) is 3.26. The SMILES string of the molecule is CN=C(NCc1cn2cc(Br)ccc2n1)NCc1nc(C)cs1.I. The lowest BCUT2D eigenvalue weighted by atomic mass is 10.5. The van der Waals surface area contributed by atoms with E-state index in [0.717, 1.165) is 32.5 Å². The Morgan fingerprint density at radius 3 is 2.75 bits per heavy atom. The number of thiazole rings is 1. The molecule has 3 rings (SSSR count).